The number of carbonyl (C=O) groups is 2. The van der Waals surface area contributed by atoms with Gasteiger partial charge in [0.25, 0.3) is 16.0 Å². The predicted octanol–water partition coefficient (Wildman–Crippen LogP) is 3.99. The number of halogens is 1. The standard InChI is InChI=1S/C25H26ClN3O5.C7H8O3S/c1-2-34-24(32)25(29-11-13-33-14-12-29,28-23(31)17-7-9-19(26)10-8-17)16-18-15-22(30)27-21-6-4-3-5-20(18)21;1-6-2-4-7(5-3-6)11(8,9)10/h3-10,15H,2,11-14,16H2,1H3,(H,27,30)(H,28,31);2-5H,1H3,(H,8,9,10). The number of hydrogen-bond acceptors (Lipinski definition) is 8. The average molecular weight is 656 g/mol. The molecule has 0 spiro atoms. The van der Waals surface area contributed by atoms with Crippen LogP contribution in [0.3, 0.4) is 0 Å². The van der Waals surface area contributed by atoms with E-state index in [9.17, 15) is 22.8 Å². The maximum Gasteiger partial charge on any atom is 0.347 e. The number of hydrogen-bond donors (Lipinski definition) is 3. The first-order chi connectivity index (χ1) is 21.4. The van der Waals surface area contributed by atoms with Gasteiger partial charge in [0.15, 0.2) is 5.66 Å². The van der Waals surface area contributed by atoms with Crippen LogP contribution in [0.5, 0.6) is 0 Å². The molecule has 1 unspecified atom stereocenters. The summed E-state index contributed by atoms with van der Waals surface area (Å²) in [4.78, 5) is 44.0. The molecule has 0 bridgehead atoms. The van der Waals surface area contributed by atoms with Crippen molar-refractivity contribution in [1.82, 2.24) is 15.2 Å². The highest BCUT2D eigenvalue weighted by molar-refractivity contribution is 7.85. The minimum Gasteiger partial charge on any atom is -0.463 e. The monoisotopic (exact) mass is 655 g/mol. The van der Waals surface area contributed by atoms with E-state index in [1.165, 1.54) is 18.2 Å². The SMILES string of the molecule is CCOC(=O)C(Cc1cc(=O)[nH]c2ccccc12)(NC(=O)c1ccc(Cl)cc1)N1CCOCC1.Cc1ccc(S(=O)(=O)O)cc1. The quantitative estimate of drug-likeness (QED) is 0.189. The number of para-hydroxylation sites is 1. The summed E-state index contributed by atoms with van der Waals surface area (Å²) >= 11 is 5.98. The van der Waals surface area contributed by atoms with Crippen molar-refractivity contribution < 1.29 is 32.0 Å². The minimum absolute atomic E-state index is 0.0373. The first-order valence-electron chi connectivity index (χ1n) is 14.2. The van der Waals surface area contributed by atoms with Gasteiger partial charge in [0, 0.05) is 47.1 Å². The van der Waals surface area contributed by atoms with E-state index in [1.807, 2.05) is 30.0 Å². The molecule has 13 heteroatoms. The van der Waals surface area contributed by atoms with Crippen molar-refractivity contribution in [3.8, 4) is 0 Å². The van der Waals surface area contributed by atoms with Gasteiger partial charge in [0.05, 0.1) is 24.7 Å². The summed E-state index contributed by atoms with van der Waals surface area (Å²) < 4.78 is 40.5. The van der Waals surface area contributed by atoms with Gasteiger partial charge in [-0.05, 0) is 61.9 Å². The highest BCUT2D eigenvalue weighted by Crippen LogP contribution is 2.26. The van der Waals surface area contributed by atoms with Crippen LogP contribution in [0.1, 0.15) is 28.4 Å². The van der Waals surface area contributed by atoms with Gasteiger partial charge in [-0.25, -0.2) is 4.79 Å². The van der Waals surface area contributed by atoms with Crippen LogP contribution in [0.4, 0.5) is 0 Å². The lowest BCUT2D eigenvalue weighted by molar-refractivity contribution is -0.163. The van der Waals surface area contributed by atoms with E-state index in [-0.39, 0.29) is 23.5 Å². The van der Waals surface area contributed by atoms with Crippen LogP contribution in [0.25, 0.3) is 10.9 Å². The maximum absolute atomic E-state index is 13.6. The van der Waals surface area contributed by atoms with Crippen LogP contribution in [-0.4, -0.2) is 73.3 Å². The average Bonchev–Trinajstić information content (AvgIpc) is 3.01. The van der Waals surface area contributed by atoms with E-state index in [2.05, 4.69) is 10.3 Å². The zero-order valence-electron chi connectivity index (χ0n) is 24.8. The topological polar surface area (TPSA) is 155 Å². The molecule has 0 radical (unpaired) electrons. The van der Waals surface area contributed by atoms with Crippen LogP contribution in [0.2, 0.25) is 5.02 Å². The Kier molecular flexibility index (Phi) is 11.1. The predicted molar refractivity (Wildman–Crippen MR) is 170 cm³/mol. The van der Waals surface area contributed by atoms with Crippen molar-refractivity contribution in [3.05, 3.63) is 111 Å². The number of esters is 1. The molecule has 0 aliphatic carbocycles. The first-order valence-corrected chi connectivity index (χ1v) is 16.0. The number of aromatic amines is 1. The molecule has 1 amide bonds. The Hall–Kier alpha value is -4.07. The fraction of sp³-hybridized carbons (Fsp3) is 0.281. The normalized spacial score (nSPS) is 14.9. The minimum atomic E-state index is -4.02. The summed E-state index contributed by atoms with van der Waals surface area (Å²) in [5.41, 5.74) is 0.730. The molecular weight excluding hydrogens is 622 g/mol. The second-order valence-electron chi connectivity index (χ2n) is 10.3. The number of benzene rings is 3. The number of pyridine rings is 1. The van der Waals surface area contributed by atoms with Crippen LogP contribution < -0.4 is 10.9 Å². The molecule has 238 valence electrons. The Balaban J connectivity index is 0.000000354. The molecule has 1 atom stereocenters. The summed E-state index contributed by atoms with van der Waals surface area (Å²) in [5.74, 6) is -1.05. The molecule has 1 saturated heterocycles. The van der Waals surface area contributed by atoms with Gasteiger partial charge in [-0.2, -0.15) is 8.42 Å². The summed E-state index contributed by atoms with van der Waals surface area (Å²) in [5, 5.41) is 4.23. The molecule has 3 aromatic carbocycles. The van der Waals surface area contributed by atoms with Crippen molar-refractivity contribution in [2.45, 2.75) is 30.8 Å². The first kappa shape index (κ1) is 33.8. The summed E-state index contributed by atoms with van der Waals surface area (Å²) in [6, 6.07) is 21.2. The van der Waals surface area contributed by atoms with Gasteiger partial charge in [0.2, 0.25) is 5.56 Å². The molecule has 1 aromatic heterocycles. The number of H-pyrrole nitrogens is 1. The molecule has 1 aliphatic rings. The third-order valence-corrected chi connectivity index (χ3v) is 8.31. The molecule has 4 aromatic rings. The third kappa shape index (κ3) is 8.56. The molecule has 3 N–H and O–H groups in total. The lowest BCUT2D eigenvalue weighted by atomic mass is 9.93. The van der Waals surface area contributed by atoms with Crippen molar-refractivity contribution in [2.24, 2.45) is 0 Å². The van der Waals surface area contributed by atoms with E-state index in [0.717, 1.165) is 10.9 Å². The number of ether oxygens (including phenoxy) is 2. The van der Waals surface area contributed by atoms with Crippen LogP contribution >= 0.6 is 11.6 Å². The largest absolute Gasteiger partial charge is 0.463 e. The highest BCUT2D eigenvalue weighted by Gasteiger charge is 2.48. The Morgan fingerprint density at radius 2 is 1.69 bits per heavy atom. The highest BCUT2D eigenvalue weighted by atomic mass is 35.5. The zero-order chi connectivity index (χ0) is 32.6. The van der Waals surface area contributed by atoms with Gasteiger partial charge < -0.3 is 19.8 Å². The summed E-state index contributed by atoms with van der Waals surface area (Å²) in [6.45, 7) is 5.29. The number of aromatic nitrogens is 1. The van der Waals surface area contributed by atoms with E-state index in [4.69, 9.17) is 25.6 Å². The van der Waals surface area contributed by atoms with Crippen LogP contribution in [0, 0.1) is 6.92 Å². The second-order valence-corrected chi connectivity index (χ2v) is 12.2. The Morgan fingerprint density at radius 1 is 1.04 bits per heavy atom. The third-order valence-electron chi connectivity index (χ3n) is 7.19. The molecule has 45 heavy (non-hydrogen) atoms. The molecule has 2 heterocycles. The fourth-order valence-electron chi connectivity index (χ4n) is 4.95. The number of nitrogens with zero attached hydrogens (tertiary/aromatic N) is 1. The molecule has 1 fully saturated rings. The van der Waals surface area contributed by atoms with Gasteiger partial charge in [-0.3, -0.25) is 19.0 Å². The Morgan fingerprint density at radius 3 is 2.31 bits per heavy atom. The Labute approximate surface area is 265 Å². The molecule has 11 nitrogen and oxygen atoms in total. The molecular formula is C32H34ClN3O8S. The summed E-state index contributed by atoms with van der Waals surface area (Å²) in [7, 11) is -4.02. The van der Waals surface area contributed by atoms with Crippen LogP contribution in [-0.2, 0) is 30.8 Å². The number of amides is 1. The lowest BCUT2D eigenvalue weighted by Gasteiger charge is -2.44. The number of nitrogens with one attached hydrogen (secondary N) is 2. The van der Waals surface area contributed by atoms with Gasteiger partial charge in [-0.1, -0.05) is 47.5 Å². The zero-order valence-corrected chi connectivity index (χ0v) is 26.4. The smallest absolute Gasteiger partial charge is 0.347 e. The Bertz CT molecular complexity index is 1810. The van der Waals surface area contributed by atoms with Gasteiger partial charge >= 0.3 is 5.97 Å². The number of fused-ring (bicyclic) bond motifs is 1. The fourth-order valence-corrected chi connectivity index (χ4v) is 5.56. The van der Waals surface area contributed by atoms with E-state index >= 15 is 0 Å². The number of morpholine rings is 1. The van der Waals surface area contributed by atoms with Crippen molar-refractivity contribution >= 4 is 44.5 Å². The number of aryl methyl sites for hydroxylation is 1. The number of carbonyl (C=O) groups excluding carboxylic acids is 2. The van der Waals surface area contributed by atoms with E-state index in [0.29, 0.717) is 48.0 Å². The molecule has 0 saturated carbocycles. The maximum atomic E-state index is 13.6. The molecule has 1 aliphatic heterocycles. The van der Waals surface area contributed by atoms with Crippen molar-refractivity contribution in [1.29, 1.82) is 0 Å². The lowest BCUT2D eigenvalue weighted by Crippen LogP contribution is -2.69. The number of rotatable bonds is 8. The summed E-state index contributed by atoms with van der Waals surface area (Å²) in [6.07, 6.45) is 0.0373. The second kappa shape index (κ2) is 14.8. The van der Waals surface area contributed by atoms with E-state index < -0.39 is 27.7 Å². The van der Waals surface area contributed by atoms with E-state index in [1.54, 1.807) is 49.4 Å². The van der Waals surface area contributed by atoms with Gasteiger partial charge in [-0.15, -0.1) is 0 Å². The molecule has 5 rings (SSSR count). The van der Waals surface area contributed by atoms with Crippen molar-refractivity contribution in [2.75, 3.05) is 32.9 Å². The van der Waals surface area contributed by atoms with Crippen LogP contribution in [0.15, 0.2) is 88.6 Å². The van der Waals surface area contributed by atoms with Crippen molar-refractivity contribution in [3.63, 3.8) is 0 Å². The van der Waals surface area contributed by atoms with Gasteiger partial charge in [0.1, 0.15) is 0 Å².